The molecule has 0 bridgehead atoms. The molecule has 1 aromatic carbocycles. The Hall–Kier alpha value is -2.77. The molecule has 1 N–H and O–H groups in total. The minimum atomic E-state index is -1.08. The predicted molar refractivity (Wildman–Crippen MR) is 93.2 cm³/mol. The van der Waals surface area contributed by atoms with E-state index in [9.17, 15) is 18.4 Å². The van der Waals surface area contributed by atoms with Crippen LogP contribution < -0.4 is 0 Å². The van der Waals surface area contributed by atoms with Crippen molar-refractivity contribution < 1.29 is 28.0 Å². The lowest BCUT2D eigenvalue weighted by Gasteiger charge is -2.20. The van der Waals surface area contributed by atoms with E-state index < -0.39 is 23.5 Å². The second-order valence-electron chi connectivity index (χ2n) is 6.25. The van der Waals surface area contributed by atoms with E-state index >= 15 is 0 Å². The van der Waals surface area contributed by atoms with Crippen molar-refractivity contribution in [1.29, 1.82) is 0 Å². The highest BCUT2D eigenvalue weighted by Gasteiger charge is 2.23. The van der Waals surface area contributed by atoms with Crippen LogP contribution >= 0.6 is 0 Å². The summed E-state index contributed by atoms with van der Waals surface area (Å²) in [6, 6.07) is 4.84. The lowest BCUT2D eigenvalue weighted by Crippen LogP contribution is -2.32. The fourth-order valence-electron chi connectivity index (χ4n) is 2.79. The summed E-state index contributed by atoms with van der Waals surface area (Å²) in [7, 11) is 0. The molecule has 2 aromatic rings. The highest BCUT2D eigenvalue weighted by atomic mass is 19.2. The van der Waals surface area contributed by atoms with Gasteiger partial charge in [-0.25, -0.2) is 8.78 Å². The molecule has 0 fully saturated rings. The summed E-state index contributed by atoms with van der Waals surface area (Å²) < 4.78 is 31.7. The molecule has 0 unspecified atom stereocenters. The first-order valence-electron chi connectivity index (χ1n) is 8.77. The average Bonchev–Trinajstić information content (AvgIpc) is 3.12. The SMILES string of the molecule is CCC(CC)c1cc(C(=O)N(CCC(=O)O)Cc2ccc(F)c(F)c2)on1. The van der Waals surface area contributed by atoms with Gasteiger partial charge in [-0.2, -0.15) is 0 Å². The van der Waals surface area contributed by atoms with Crippen LogP contribution in [0.25, 0.3) is 0 Å². The minimum absolute atomic E-state index is 0.00938. The predicted octanol–water partition coefficient (Wildman–Crippen LogP) is 3.97. The van der Waals surface area contributed by atoms with Crippen molar-refractivity contribution in [2.75, 3.05) is 6.54 Å². The minimum Gasteiger partial charge on any atom is -0.481 e. The topological polar surface area (TPSA) is 83.6 Å². The second-order valence-corrected chi connectivity index (χ2v) is 6.25. The molecule has 1 amide bonds. The molecule has 0 saturated heterocycles. The average molecular weight is 380 g/mol. The van der Waals surface area contributed by atoms with Crippen LogP contribution in [0.3, 0.4) is 0 Å². The maximum absolute atomic E-state index is 13.4. The fourth-order valence-corrected chi connectivity index (χ4v) is 2.79. The number of carboxylic acids is 1. The van der Waals surface area contributed by atoms with Crippen molar-refractivity contribution in [2.24, 2.45) is 0 Å². The van der Waals surface area contributed by atoms with E-state index in [-0.39, 0.29) is 31.2 Å². The molecule has 0 spiro atoms. The van der Waals surface area contributed by atoms with E-state index in [0.717, 1.165) is 25.0 Å². The van der Waals surface area contributed by atoms with Gasteiger partial charge >= 0.3 is 5.97 Å². The van der Waals surface area contributed by atoms with Gasteiger partial charge in [-0.3, -0.25) is 9.59 Å². The van der Waals surface area contributed by atoms with E-state index in [4.69, 9.17) is 9.63 Å². The molecule has 1 aromatic heterocycles. The zero-order valence-electron chi connectivity index (χ0n) is 15.2. The Morgan fingerprint density at radius 3 is 2.48 bits per heavy atom. The normalized spacial score (nSPS) is 11.0. The van der Waals surface area contributed by atoms with Gasteiger partial charge in [0.2, 0.25) is 5.76 Å². The van der Waals surface area contributed by atoms with Crippen LogP contribution in [0.1, 0.15) is 60.8 Å². The van der Waals surface area contributed by atoms with Crippen molar-refractivity contribution in [3.8, 4) is 0 Å². The molecule has 0 saturated carbocycles. The molecule has 1 heterocycles. The lowest BCUT2D eigenvalue weighted by atomic mass is 9.99. The summed E-state index contributed by atoms with van der Waals surface area (Å²) in [4.78, 5) is 24.9. The number of aliphatic carboxylic acids is 1. The molecule has 2 rings (SSSR count). The first-order valence-corrected chi connectivity index (χ1v) is 8.77. The molecular weight excluding hydrogens is 358 g/mol. The van der Waals surface area contributed by atoms with Crippen LogP contribution in [-0.4, -0.2) is 33.6 Å². The van der Waals surface area contributed by atoms with Gasteiger partial charge in [-0.05, 0) is 30.5 Å². The van der Waals surface area contributed by atoms with E-state index in [0.29, 0.717) is 11.3 Å². The molecule has 0 atom stereocenters. The van der Waals surface area contributed by atoms with Gasteiger partial charge in [0.05, 0.1) is 12.1 Å². The Kier molecular flexibility index (Phi) is 7.04. The van der Waals surface area contributed by atoms with Gasteiger partial charge < -0.3 is 14.5 Å². The number of amides is 1. The van der Waals surface area contributed by atoms with Crippen molar-refractivity contribution in [3.05, 3.63) is 52.9 Å². The summed E-state index contributed by atoms with van der Waals surface area (Å²) in [5, 5.41) is 12.9. The van der Waals surface area contributed by atoms with Gasteiger partial charge in [-0.1, -0.05) is 25.1 Å². The molecular formula is C19H22F2N2O4. The zero-order valence-corrected chi connectivity index (χ0v) is 15.2. The highest BCUT2D eigenvalue weighted by molar-refractivity contribution is 5.91. The molecule has 0 radical (unpaired) electrons. The second kappa shape index (κ2) is 9.25. The van der Waals surface area contributed by atoms with Crippen LogP contribution in [0.2, 0.25) is 0 Å². The highest BCUT2D eigenvalue weighted by Crippen LogP contribution is 2.23. The lowest BCUT2D eigenvalue weighted by molar-refractivity contribution is -0.137. The van der Waals surface area contributed by atoms with Crippen molar-refractivity contribution in [2.45, 2.75) is 45.6 Å². The number of halogens is 2. The zero-order chi connectivity index (χ0) is 20.0. The van der Waals surface area contributed by atoms with Crippen LogP contribution in [0.5, 0.6) is 0 Å². The van der Waals surface area contributed by atoms with Gasteiger partial charge in [0.25, 0.3) is 5.91 Å². The first kappa shape index (κ1) is 20.5. The van der Waals surface area contributed by atoms with Gasteiger partial charge in [0, 0.05) is 25.1 Å². The Morgan fingerprint density at radius 2 is 1.89 bits per heavy atom. The number of carboxylic acid groups (broad SMARTS) is 1. The smallest absolute Gasteiger partial charge is 0.305 e. The van der Waals surface area contributed by atoms with Crippen LogP contribution in [-0.2, 0) is 11.3 Å². The van der Waals surface area contributed by atoms with Crippen LogP contribution in [0.4, 0.5) is 8.78 Å². The third-order valence-electron chi connectivity index (χ3n) is 4.38. The third-order valence-corrected chi connectivity index (χ3v) is 4.38. The Balaban J connectivity index is 2.22. The van der Waals surface area contributed by atoms with Crippen molar-refractivity contribution in [3.63, 3.8) is 0 Å². The Labute approximate surface area is 155 Å². The number of hydrogen-bond donors (Lipinski definition) is 1. The summed E-state index contributed by atoms with van der Waals surface area (Å²) >= 11 is 0. The van der Waals surface area contributed by atoms with Gasteiger partial charge in [0.15, 0.2) is 11.6 Å². The maximum atomic E-state index is 13.4. The molecule has 27 heavy (non-hydrogen) atoms. The molecule has 0 aliphatic carbocycles. The number of carbonyl (C=O) groups excluding carboxylic acids is 1. The monoisotopic (exact) mass is 380 g/mol. The maximum Gasteiger partial charge on any atom is 0.305 e. The number of aromatic nitrogens is 1. The van der Waals surface area contributed by atoms with E-state index in [2.05, 4.69) is 5.16 Å². The number of rotatable bonds is 9. The number of nitrogens with zero attached hydrogens (tertiary/aromatic N) is 2. The Morgan fingerprint density at radius 1 is 1.19 bits per heavy atom. The Bertz CT molecular complexity index is 803. The van der Waals surface area contributed by atoms with Crippen LogP contribution in [0, 0.1) is 11.6 Å². The summed E-state index contributed by atoms with van der Waals surface area (Å²) in [6.07, 6.45) is 1.39. The molecule has 8 heteroatoms. The van der Waals surface area contributed by atoms with Gasteiger partial charge in [-0.15, -0.1) is 0 Å². The standard InChI is InChI=1S/C19H22F2N2O4/c1-3-13(4-2)16-10-17(27-22-16)19(26)23(8-7-18(24)25)11-12-5-6-14(20)15(21)9-12/h5-6,9-10,13H,3-4,7-8,11H2,1-2H3,(H,24,25). The van der Waals surface area contributed by atoms with E-state index in [1.165, 1.54) is 11.0 Å². The number of benzene rings is 1. The largest absolute Gasteiger partial charge is 0.481 e. The van der Waals surface area contributed by atoms with Gasteiger partial charge in [0.1, 0.15) is 0 Å². The molecule has 0 aliphatic rings. The first-order chi connectivity index (χ1) is 12.8. The molecule has 146 valence electrons. The molecule has 0 aliphatic heterocycles. The number of hydrogen-bond acceptors (Lipinski definition) is 4. The van der Waals surface area contributed by atoms with E-state index in [1.54, 1.807) is 6.07 Å². The summed E-state index contributed by atoms with van der Waals surface area (Å²) in [6.45, 7) is 3.83. The van der Waals surface area contributed by atoms with Crippen molar-refractivity contribution in [1.82, 2.24) is 10.1 Å². The molecule has 6 nitrogen and oxygen atoms in total. The quantitative estimate of drug-likeness (QED) is 0.712. The summed E-state index contributed by atoms with van der Waals surface area (Å²) in [5.41, 5.74) is 1.00. The third kappa shape index (κ3) is 5.35. The summed E-state index contributed by atoms with van der Waals surface area (Å²) in [5.74, 6) is -3.50. The fraction of sp³-hybridized carbons (Fsp3) is 0.421. The number of carbonyl (C=O) groups is 2. The van der Waals surface area contributed by atoms with E-state index in [1.807, 2.05) is 13.8 Å². The van der Waals surface area contributed by atoms with Crippen LogP contribution in [0.15, 0.2) is 28.8 Å². The van der Waals surface area contributed by atoms with Crippen molar-refractivity contribution >= 4 is 11.9 Å².